The van der Waals surface area contributed by atoms with Gasteiger partial charge in [0.2, 0.25) is 5.16 Å². The van der Waals surface area contributed by atoms with Gasteiger partial charge in [-0.3, -0.25) is 10.1 Å². The number of non-ortho nitro benzene ring substituents is 1. The number of rotatable bonds is 7. The molecule has 1 aliphatic rings. The fourth-order valence-electron chi connectivity index (χ4n) is 2.97. The number of thioether (sulfide) groups is 1. The van der Waals surface area contributed by atoms with Gasteiger partial charge in [0.25, 0.3) is 5.69 Å². The van der Waals surface area contributed by atoms with E-state index in [1.165, 1.54) is 40.7 Å². The monoisotopic (exact) mass is 413 g/mol. The molecule has 29 heavy (non-hydrogen) atoms. The van der Waals surface area contributed by atoms with Crippen molar-refractivity contribution in [2.24, 2.45) is 0 Å². The van der Waals surface area contributed by atoms with Crippen molar-refractivity contribution in [2.45, 2.75) is 28.8 Å². The summed E-state index contributed by atoms with van der Waals surface area (Å²) in [5.74, 6) is -1.02. The van der Waals surface area contributed by atoms with Crippen molar-refractivity contribution in [3.63, 3.8) is 0 Å². The Hall–Kier alpha value is -3.31. The second-order valence-corrected chi connectivity index (χ2v) is 8.03. The highest BCUT2D eigenvalue weighted by Crippen LogP contribution is 2.58. The Kier molecular flexibility index (Phi) is 4.76. The molecule has 148 valence electrons. The molecule has 1 fully saturated rings. The number of tetrazole rings is 1. The molecule has 0 radical (unpaired) electrons. The highest BCUT2D eigenvalue weighted by Gasteiger charge is 2.51. The number of benzene rings is 2. The van der Waals surface area contributed by atoms with Gasteiger partial charge in [-0.25, -0.2) is 4.79 Å². The zero-order valence-corrected chi connectivity index (χ0v) is 15.7. The largest absolute Gasteiger partial charge is 0.478 e. The lowest BCUT2D eigenvalue weighted by molar-refractivity contribution is -0.384. The number of nitro benzene ring substituents is 1. The van der Waals surface area contributed by atoms with Crippen LogP contribution in [-0.4, -0.2) is 46.1 Å². The third-order valence-electron chi connectivity index (χ3n) is 4.76. The van der Waals surface area contributed by atoms with Crippen molar-refractivity contribution in [1.82, 2.24) is 20.2 Å². The molecule has 0 bridgehead atoms. The number of aromatic nitrogens is 4. The standard InChI is InChI=1S/C18H15N5O5S/c24-15(11-1-7-14(8-2-11)23(27)28)18(9-10-18)29-17-19-20-21-22(17)13-5-3-12(4-6-13)16(25)26/h1-8,15,24H,9-10H2,(H,25,26). The fourth-order valence-corrected chi connectivity index (χ4v) is 4.19. The molecule has 1 saturated carbocycles. The summed E-state index contributed by atoms with van der Waals surface area (Å²) in [5, 5.41) is 42.9. The van der Waals surface area contributed by atoms with E-state index in [4.69, 9.17) is 5.11 Å². The Balaban J connectivity index is 1.56. The summed E-state index contributed by atoms with van der Waals surface area (Å²) in [5.41, 5.74) is 1.31. The molecule has 11 heteroatoms. The van der Waals surface area contributed by atoms with E-state index in [9.17, 15) is 20.0 Å². The Morgan fingerprint density at radius 3 is 2.38 bits per heavy atom. The SMILES string of the molecule is O=C(O)c1ccc(-n2nnnc2SC2(C(O)c3ccc([N+](=O)[O-])cc3)CC2)cc1. The minimum atomic E-state index is -1.02. The van der Waals surface area contributed by atoms with E-state index < -0.39 is 21.7 Å². The van der Waals surface area contributed by atoms with E-state index in [0.717, 1.165) is 12.8 Å². The van der Waals surface area contributed by atoms with Crippen LogP contribution in [0.1, 0.15) is 34.9 Å². The van der Waals surface area contributed by atoms with E-state index in [1.54, 1.807) is 24.3 Å². The molecule has 1 atom stereocenters. The van der Waals surface area contributed by atoms with Gasteiger partial charge in [-0.2, -0.15) is 4.68 Å². The molecule has 1 unspecified atom stereocenters. The van der Waals surface area contributed by atoms with Crippen molar-refractivity contribution in [1.29, 1.82) is 0 Å². The van der Waals surface area contributed by atoms with Crippen molar-refractivity contribution < 1.29 is 19.9 Å². The van der Waals surface area contributed by atoms with E-state index in [-0.39, 0.29) is 11.3 Å². The van der Waals surface area contributed by atoms with Gasteiger partial charge in [-0.15, -0.1) is 5.10 Å². The molecule has 1 aromatic heterocycles. The average molecular weight is 413 g/mol. The zero-order valence-electron chi connectivity index (χ0n) is 14.9. The van der Waals surface area contributed by atoms with Gasteiger partial charge in [0.05, 0.1) is 27.0 Å². The summed E-state index contributed by atoms with van der Waals surface area (Å²) in [4.78, 5) is 21.3. The molecule has 2 N–H and O–H groups in total. The molecule has 1 aliphatic carbocycles. The van der Waals surface area contributed by atoms with Crippen LogP contribution in [0.2, 0.25) is 0 Å². The molecule has 0 aliphatic heterocycles. The van der Waals surface area contributed by atoms with Crippen molar-refractivity contribution >= 4 is 23.4 Å². The highest BCUT2D eigenvalue weighted by atomic mass is 32.2. The molecule has 4 rings (SSSR count). The minimum Gasteiger partial charge on any atom is -0.478 e. The smallest absolute Gasteiger partial charge is 0.335 e. The van der Waals surface area contributed by atoms with Gasteiger partial charge in [0.15, 0.2) is 0 Å². The lowest BCUT2D eigenvalue weighted by Crippen LogP contribution is -2.17. The van der Waals surface area contributed by atoms with E-state index in [0.29, 0.717) is 16.4 Å². The topological polar surface area (TPSA) is 144 Å². The van der Waals surface area contributed by atoms with Gasteiger partial charge in [-0.1, -0.05) is 11.8 Å². The van der Waals surface area contributed by atoms with Crippen LogP contribution in [0.15, 0.2) is 53.7 Å². The lowest BCUT2D eigenvalue weighted by Gasteiger charge is -2.21. The zero-order chi connectivity index (χ0) is 20.6. The van der Waals surface area contributed by atoms with Gasteiger partial charge in [0.1, 0.15) is 0 Å². The second kappa shape index (κ2) is 7.26. The van der Waals surface area contributed by atoms with Gasteiger partial charge < -0.3 is 10.2 Å². The van der Waals surface area contributed by atoms with Gasteiger partial charge in [0, 0.05) is 12.1 Å². The molecular weight excluding hydrogens is 398 g/mol. The van der Waals surface area contributed by atoms with Crippen LogP contribution in [0.5, 0.6) is 0 Å². The normalized spacial score (nSPS) is 15.6. The maximum Gasteiger partial charge on any atom is 0.335 e. The van der Waals surface area contributed by atoms with Crippen LogP contribution in [0.3, 0.4) is 0 Å². The van der Waals surface area contributed by atoms with E-state index >= 15 is 0 Å². The number of hydrogen-bond donors (Lipinski definition) is 2. The van der Waals surface area contributed by atoms with E-state index in [1.807, 2.05) is 0 Å². The third kappa shape index (κ3) is 3.69. The second-order valence-electron chi connectivity index (χ2n) is 6.64. The molecule has 0 amide bonds. The number of nitro groups is 1. The summed E-state index contributed by atoms with van der Waals surface area (Å²) in [6, 6.07) is 12.0. The number of carbonyl (C=O) groups is 1. The molecule has 1 heterocycles. The summed E-state index contributed by atoms with van der Waals surface area (Å²) in [6.45, 7) is 0. The first-order valence-electron chi connectivity index (χ1n) is 8.63. The number of carboxylic acid groups (broad SMARTS) is 1. The molecule has 0 saturated heterocycles. The Bertz CT molecular complexity index is 1060. The van der Waals surface area contributed by atoms with Crippen LogP contribution in [0, 0.1) is 10.1 Å². The summed E-state index contributed by atoms with van der Waals surface area (Å²) >= 11 is 1.34. The number of aliphatic hydroxyl groups is 1. The van der Waals surface area contributed by atoms with E-state index in [2.05, 4.69) is 15.5 Å². The maximum absolute atomic E-state index is 11.0. The van der Waals surface area contributed by atoms with Gasteiger partial charge >= 0.3 is 5.97 Å². The summed E-state index contributed by atoms with van der Waals surface area (Å²) in [7, 11) is 0. The van der Waals surface area contributed by atoms with Crippen LogP contribution in [0.25, 0.3) is 5.69 Å². The quantitative estimate of drug-likeness (QED) is 0.441. The van der Waals surface area contributed by atoms with Crippen molar-refractivity contribution in [3.05, 3.63) is 69.8 Å². The fraction of sp³-hybridized carbons (Fsp3) is 0.222. The minimum absolute atomic E-state index is 0.0350. The maximum atomic E-state index is 11.0. The first kappa shape index (κ1) is 19.0. The Morgan fingerprint density at radius 2 is 1.83 bits per heavy atom. The number of carboxylic acids is 1. The number of nitrogens with zero attached hydrogens (tertiary/aromatic N) is 5. The average Bonchev–Trinajstić information content (AvgIpc) is 3.36. The third-order valence-corrected chi connectivity index (χ3v) is 6.23. The molecule has 0 spiro atoms. The summed E-state index contributed by atoms with van der Waals surface area (Å²) in [6.07, 6.45) is 0.634. The van der Waals surface area contributed by atoms with Crippen LogP contribution >= 0.6 is 11.8 Å². The molecular formula is C18H15N5O5S. The molecule has 10 nitrogen and oxygen atoms in total. The van der Waals surface area contributed by atoms with Crippen molar-refractivity contribution in [3.8, 4) is 5.69 Å². The predicted octanol–water partition coefficient (Wildman–Crippen LogP) is 2.63. The number of hydrogen-bond acceptors (Lipinski definition) is 8. The lowest BCUT2D eigenvalue weighted by atomic mass is 10.0. The van der Waals surface area contributed by atoms with Gasteiger partial charge in [-0.05, 0) is 65.2 Å². The Morgan fingerprint density at radius 1 is 1.17 bits per heavy atom. The van der Waals surface area contributed by atoms with Crippen LogP contribution in [0.4, 0.5) is 5.69 Å². The Labute approximate surface area is 168 Å². The molecule has 3 aromatic rings. The first-order valence-corrected chi connectivity index (χ1v) is 9.45. The number of aromatic carboxylic acids is 1. The van der Waals surface area contributed by atoms with Crippen LogP contribution in [-0.2, 0) is 0 Å². The van der Waals surface area contributed by atoms with Crippen LogP contribution < -0.4 is 0 Å². The first-order chi connectivity index (χ1) is 13.9. The predicted molar refractivity (Wildman–Crippen MR) is 102 cm³/mol. The number of aliphatic hydroxyl groups excluding tert-OH is 1. The molecule has 2 aromatic carbocycles. The summed E-state index contributed by atoms with van der Waals surface area (Å²) < 4.78 is 0.961. The van der Waals surface area contributed by atoms with Crippen molar-refractivity contribution in [2.75, 3.05) is 0 Å². The highest BCUT2D eigenvalue weighted by molar-refractivity contribution is 8.00.